The number of nitrogens with one attached hydrogen (secondary N) is 1. The van der Waals surface area contributed by atoms with Crippen molar-refractivity contribution in [2.75, 3.05) is 0 Å². The van der Waals surface area contributed by atoms with Gasteiger partial charge in [0.05, 0.1) is 23.2 Å². The van der Waals surface area contributed by atoms with Gasteiger partial charge < -0.3 is 5.11 Å². The van der Waals surface area contributed by atoms with E-state index in [9.17, 15) is 9.90 Å². The van der Waals surface area contributed by atoms with Gasteiger partial charge in [0.1, 0.15) is 5.15 Å². The van der Waals surface area contributed by atoms with Crippen molar-refractivity contribution in [1.29, 1.82) is 0 Å². The summed E-state index contributed by atoms with van der Waals surface area (Å²) in [7, 11) is 0. The van der Waals surface area contributed by atoms with Crippen molar-refractivity contribution < 1.29 is 9.90 Å². The fourth-order valence-corrected chi connectivity index (χ4v) is 2.73. The number of aryl methyl sites for hydroxylation is 1. The molecular weight excluding hydrogens is 352 g/mol. The van der Waals surface area contributed by atoms with Crippen molar-refractivity contribution in [3.8, 4) is 5.69 Å². The third-order valence-corrected chi connectivity index (χ3v) is 4.14. The number of aromatic nitrogens is 2. The lowest BCUT2D eigenvalue weighted by Gasteiger charge is -2.08. The van der Waals surface area contributed by atoms with Gasteiger partial charge in [0, 0.05) is 0 Å². The number of hydrogen-bond acceptors (Lipinski definition) is 4. The minimum Gasteiger partial charge on any atom is -0.378 e. The van der Waals surface area contributed by atoms with Crippen LogP contribution in [-0.2, 0) is 4.79 Å². The molecule has 2 N–H and O–H groups in total. The van der Waals surface area contributed by atoms with E-state index in [2.05, 4.69) is 15.6 Å². The van der Waals surface area contributed by atoms with E-state index in [1.165, 1.54) is 6.21 Å². The monoisotopic (exact) mass is 368 g/mol. The summed E-state index contributed by atoms with van der Waals surface area (Å²) in [6.45, 7) is 1.80. The molecule has 1 atom stereocenters. The highest BCUT2D eigenvalue weighted by molar-refractivity contribution is 6.32. The van der Waals surface area contributed by atoms with Crippen molar-refractivity contribution >= 4 is 23.7 Å². The van der Waals surface area contributed by atoms with Crippen LogP contribution in [0.15, 0.2) is 65.8 Å². The van der Waals surface area contributed by atoms with Crippen LogP contribution in [0.25, 0.3) is 5.69 Å². The second-order valence-corrected chi connectivity index (χ2v) is 5.94. The molecule has 1 unspecified atom stereocenters. The molecule has 0 bridgehead atoms. The summed E-state index contributed by atoms with van der Waals surface area (Å²) in [5, 5.41) is 18.7. The van der Waals surface area contributed by atoms with E-state index >= 15 is 0 Å². The molecule has 1 amide bonds. The Labute approximate surface area is 155 Å². The normalized spacial score (nSPS) is 12.3. The van der Waals surface area contributed by atoms with Crippen LogP contribution in [0.3, 0.4) is 0 Å². The molecule has 0 saturated heterocycles. The van der Waals surface area contributed by atoms with Gasteiger partial charge in [0.25, 0.3) is 5.91 Å². The molecule has 6 nitrogen and oxygen atoms in total. The molecule has 0 saturated carbocycles. The average Bonchev–Trinajstić information content (AvgIpc) is 2.97. The highest BCUT2D eigenvalue weighted by Gasteiger charge is 2.17. The molecule has 26 heavy (non-hydrogen) atoms. The molecule has 3 rings (SSSR count). The summed E-state index contributed by atoms with van der Waals surface area (Å²) in [6, 6.07) is 18.1. The molecule has 7 heteroatoms. The first-order valence-corrected chi connectivity index (χ1v) is 8.32. The molecule has 132 valence electrons. The average molecular weight is 369 g/mol. The van der Waals surface area contributed by atoms with Crippen LogP contribution in [0.5, 0.6) is 0 Å². The predicted molar refractivity (Wildman–Crippen MR) is 100 cm³/mol. The van der Waals surface area contributed by atoms with Crippen molar-refractivity contribution in [2.45, 2.75) is 13.0 Å². The lowest BCUT2D eigenvalue weighted by Crippen LogP contribution is -2.25. The quantitative estimate of drug-likeness (QED) is 0.536. The molecule has 0 radical (unpaired) electrons. The van der Waals surface area contributed by atoms with Gasteiger partial charge in [-0.3, -0.25) is 4.79 Å². The molecule has 0 aliphatic carbocycles. The van der Waals surface area contributed by atoms with Gasteiger partial charge in [-0.15, -0.1) is 0 Å². The lowest BCUT2D eigenvalue weighted by atomic mass is 10.1. The van der Waals surface area contributed by atoms with Crippen LogP contribution in [0.4, 0.5) is 0 Å². The van der Waals surface area contributed by atoms with Crippen LogP contribution in [0, 0.1) is 6.92 Å². The number of aliphatic hydroxyl groups excluding tert-OH is 1. The van der Waals surface area contributed by atoms with E-state index in [0.717, 1.165) is 5.69 Å². The highest BCUT2D eigenvalue weighted by atomic mass is 35.5. The second-order valence-electron chi connectivity index (χ2n) is 5.58. The first kappa shape index (κ1) is 17.8. The van der Waals surface area contributed by atoms with E-state index in [0.29, 0.717) is 22.0 Å². The number of carbonyl (C=O) groups excluding carboxylic acids is 1. The Morgan fingerprint density at radius 2 is 1.81 bits per heavy atom. The lowest BCUT2D eigenvalue weighted by molar-refractivity contribution is -0.129. The molecule has 1 aromatic heterocycles. The number of rotatable bonds is 5. The zero-order chi connectivity index (χ0) is 18.5. The largest absolute Gasteiger partial charge is 0.378 e. The van der Waals surface area contributed by atoms with E-state index in [-0.39, 0.29) is 0 Å². The van der Waals surface area contributed by atoms with Crippen LogP contribution >= 0.6 is 11.6 Å². The number of benzene rings is 2. The maximum Gasteiger partial charge on any atom is 0.273 e. The minimum absolute atomic E-state index is 0.385. The van der Waals surface area contributed by atoms with Crippen LogP contribution in [0.2, 0.25) is 5.15 Å². The molecule has 1 heterocycles. The van der Waals surface area contributed by atoms with Gasteiger partial charge in [-0.05, 0) is 24.6 Å². The maximum absolute atomic E-state index is 12.0. The van der Waals surface area contributed by atoms with Gasteiger partial charge >= 0.3 is 0 Å². The standard InChI is InChI=1S/C19H17ClN4O2/c1-13-16(18(20)24(23-13)15-10-6-3-7-11-15)12-21-22-19(26)17(25)14-8-4-2-5-9-14/h2-12,17,25H,1H3,(H,22,26). The Balaban J connectivity index is 1.73. The predicted octanol–water partition coefficient (Wildman–Crippen LogP) is 3.02. The highest BCUT2D eigenvalue weighted by Crippen LogP contribution is 2.21. The van der Waals surface area contributed by atoms with Gasteiger partial charge in [-0.1, -0.05) is 60.1 Å². The number of para-hydroxylation sites is 1. The van der Waals surface area contributed by atoms with Gasteiger partial charge in [0.15, 0.2) is 6.10 Å². The zero-order valence-corrected chi connectivity index (χ0v) is 14.8. The SMILES string of the molecule is Cc1nn(-c2ccccc2)c(Cl)c1C=NNC(=O)C(O)c1ccccc1. The van der Waals surface area contributed by atoms with Crippen molar-refractivity contribution in [3.05, 3.63) is 82.6 Å². The number of carbonyl (C=O) groups is 1. The summed E-state index contributed by atoms with van der Waals surface area (Å²) in [4.78, 5) is 12.0. The third-order valence-electron chi connectivity index (χ3n) is 3.78. The Morgan fingerprint density at radius 3 is 2.46 bits per heavy atom. The smallest absolute Gasteiger partial charge is 0.273 e. The molecule has 3 aromatic rings. The van der Waals surface area contributed by atoms with Crippen molar-refractivity contribution in [2.24, 2.45) is 5.10 Å². The zero-order valence-electron chi connectivity index (χ0n) is 14.0. The van der Waals surface area contributed by atoms with E-state index in [1.54, 1.807) is 41.9 Å². The minimum atomic E-state index is -1.29. The Kier molecular flexibility index (Phi) is 5.46. The fraction of sp³-hybridized carbons (Fsp3) is 0.105. The Bertz CT molecular complexity index is 923. The molecule has 0 aliphatic rings. The summed E-state index contributed by atoms with van der Waals surface area (Å²) >= 11 is 6.39. The topological polar surface area (TPSA) is 79.5 Å². The van der Waals surface area contributed by atoms with Crippen LogP contribution in [0.1, 0.15) is 22.9 Å². The van der Waals surface area contributed by atoms with E-state index in [4.69, 9.17) is 11.6 Å². The third kappa shape index (κ3) is 3.82. The van der Waals surface area contributed by atoms with Crippen LogP contribution < -0.4 is 5.43 Å². The second kappa shape index (κ2) is 7.95. The fourth-order valence-electron chi connectivity index (χ4n) is 2.41. The Hall–Kier alpha value is -2.96. The first-order valence-electron chi connectivity index (χ1n) is 7.94. The molecule has 0 spiro atoms. The van der Waals surface area contributed by atoms with Crippen molar-refractivity contribution in [1.82, 2.24) is 15.2 Å². The van der Waals surface area contributed by atoms with Crippen LogP contribution in [-0.4, -0.2) is 27.0 Å². The van der Waals surface area contributed by atoms with Gasteiger partial charge in [0.2, 0.25) is 0 Å². The van der Waals surface area contributed by atoms with E-state index < -0.39 is 12.0 Å². The number of amides is 1. The first-order chi connectivity index (χ1) is 12.6. The number of nitrogens with zero attached hydrogens (tertiary/aromatic N) is 3. The number of halogens is 1. The molecule has 2 aromatic carbocycles. The van der Waals surface area contributed by atoms with E-state index in [1.807, 2.05) is 30.3 Å². The van der Waals surface area contributed by atoms with Gasteiger partial charge in [-0.25, -0.2) is 10.1 Å². The molecule has 0 aliphatic heterocycles. The summed E-state index contributed by atoms with van der Waals surface area (Å²) in [5.74, 6) is -0.628. The summed E-state index contributed by atoms with van der Waals surface area (Å²) < 4.78 is 1.60. The van der Waals surface area contributed by atoms with Crippen molar-refractivity contribution in [3.63, 3.8) is 0 Å². The summed E-state index contributed by atoms with van der Waals surface area (Å²) in [6.07, 6.45) is 0.122. The molecular formula is C19H17ClN4O2. The summed E-state index contributed by atoms with van der Waals surface area (Å²) in [5.41, 5.74) is 4.89. The number of hydrogen-bond donors (Lipinski definition) is 2. The van der Waals surface area contributed by atoms with Gasteiger partial charge in [-0.2, -0.15) is 10.2 Å². The Morgan fingerprint density at radius 1 is 1.19 bits per heavy atom. The molecule has 0 fully saturated rings. The number of aliphatic hydroxyl groups is 1. The maximum atomic E-state index is 12.0. The number of hydrazone groups is 1.